The van der Waals surface area contributed by atoms with Crippen molar-refractivity contribution in [3.63, 3.8) is 0 Å². The topological polar surface area (TPSA) is 80.3 Å². The van der Waals surface area contributed by atoms with Gasteiger partial charge < -0.3 is 19.4 Å². The lowest BCUT2D eigenvalue weighted by Crippen LogP contribution is -2.42. The number of thiophene rings is 1. The number of carbonyl (C=O) groups is 1. The standard InChI is InChI=1S/C30H30N4O3S/c1-30(2,3)37-29(35)34-14-5-6-21(34)18-36-24-17-31-13-10-22(24)27-26(28-23(33-27)7-4-12-32-28)20-9-8-19-11-15-38-25(19)16-20/h4,7-13,15-17,21,33H,5-6,14,18H2,1-3H3/t21-/m0/s1. The van der Waals surface area contributed by atoms with Crippen LogP contribution in [0.3, 0.4) is 0 Å². The number of carbonyl (C=O) groups excluding carboxylic acids is 1. The Morgan fingerprint density at radius 2 is 2.08 bits per heavy atom. The van der Waals surface area contributed by atoms with Crippen molar-refractivity contribution < 1.29 is 14.3 Å². The first-order valence-corrected chi connectivity index (χ1v) is 13.8. The number of fused-ring (bicyclic) bond motifs is 2. The second kappa shape index (κ2) is 9.76. The molecule has 1 aliphatic rings. The molecule has 1 saturated heterocycles. The number of likely N-dealkylation sites (tertiary alicyclic amines) is 1. The number of amides is 1. The third kappa shape index (κ3) is 4.72. The summed E-state index contributed by atoms with van der Waals surface area (Å²) in [6, 6.07) is 14.5. The van der Waals surface area contributed by atoms with Crippen molar-refractivity contribution in [1.82, 2.24) is 19.9 Å². The van der Waals surface area contributed by atoms with Gasteiger partial charge in [-0.3, -0.25) is 9.97 Å². The summed E-state index contributed by atoms with van der Waals surface area (Å²) < 4.78 is 13.2. The van der Waals surface area contributed by atoms with Crippen LogP contribution in [-0.4, -0.2) is 50.7 Å². The number of ether oxygens (including phenoxy) is 2. The molecule has 4 aromatic heterocycles. The minimum atomic E-state index is -0.534. The van der Waals surface area contributed by atoms with Crippen molar-refractivity contribution in [3.05, 3.63) is 66.4 Å². The third-order valence-electron chi connectivity index (χ3n) is 6.79. The summed E-state index contributed by atoms with van der Waals surface area (Å²) in [5.74, 6) is 0.661. The van der Waals surface area contributed by atoms with Crippen molar-refractivity contribution in [1.29, 1.82) is 0 Å². The second-order valence-corrected chi connectivity index (χ2v) is 11.5. The minimum absolute atomic E-state index is 0.0528. The number of aromatic amines is 1. The van der Waals surface area contributed by atoms with E-state index in [2.05, 4.69) is 39.6 Å². The van der Waals surface area contributed by atoms with E-state index >= 15 is 0 Å². The van der Waals surface area contributed by atoms with Crippen molar-refractivity contribution in [2.75, 3.05) is 13.2 Å². The number of hydrogen-bond acceptors (Lipinski definition) is 6. The molecule has 194 valence electrons. The Hall–Kier alpha value is -3.91. The van der Waals surface area contributed by atoms with Gasteiger partial charge in [0.15, 0.2) is 0 Å². The van der Waals surface area contributed by atoms with Gasteiger partial charge in [-0.15, -0.1) is 11.3 Å². The zero-order valence-electron chi connectivity index (χ0n) is 21.7. The first kappa shape index (κ1) is 24.4. The molecule has 0 saturated carbocycles. The molecule has 1 aliphatic heterocycles. The van der Waals surface area contributed by atoms with Crippen LogP contribution < -0.4 is 4.74 Å². The molecule has 1 aromatic carbocycles. The maximum atomic E-state index is 12.8. The van der Waals surface area contributed by atoms with E-state index in [1.54, 1.807) is 28.6 Å². The number of rotatable bonds is 5. The summed E-state index contributed by atoms with van der Waals surface area (Å²) in [5, 5.41) is 3.34. The van der Waals surface area contributed by atoms with Crippen molar-refractivity contribution in [2.24, 2.45) is 0 Å². The highest BCUT2D eigenvalue weighted by Gasteiger charge is 2.33. The molecule has 5 aromatic rings. The van der Waals surface area contributed by atoms with Crippen LogP contribution in [0, 0.1) is 0 Å². The van der Waals surface area contributed by atoms with E-state index in [4.69, 9.17) is 14.5 Å². The fourth-order valence-corrected chi connectivity index (χ4v) is 5.90. The Morgan fingerprint density at radius 1 is 1.18 bits per heavy atom. The molecular weight excluding hydrogens is 496 g/mol. The molecule has 7 nitrogen and oxygen atoms in total. The van der Waals surface area contributed by atoms with Gasteiger partial charge in [0, 0.05) is 34.8 Å². The Morgan fingerprint density at radius 3 is 2.95 bits per heavy atom. The molecule has 38 heavy (non-hydrogen) atoms. The van der Waals surface area contributed by atoms with E-state index in [1.807, 2.05) is 45.2 Å². The van der Waals surface area contributed by atoms with Crippen molar-refractivity contribution >= 4 is 38.5 Å². The first-order chi connectivity index (χ1) is 18.4. The highest BCUT2D eigenvalue weighted by atomic mass is 32.1. The third-order valence-corrected chi connectivity index (χ3v) is 7.67. The summed E-state index contributed by atoms with van der Waals surface area (Å²) in [4.78, 5) is 27.2. The van der Waals surface area contributed by atoms with Crippen LogP contribution in [0.15, 0.2) is 66.4 Å². The summed E-state index contributed by atoms with van der Waals surface area (Å²) >= 11 is 1.73. The predicted octanol–water partition coefficient (Wildman–Crippen LogP) is 7.28. The Bertz CT molecular complexity index is 1620. The number of nitrogens with zero attached hydrogens (tertiary/aromatic N) is 3. The molecule has 1 atom stereocenters. The molecule has 0 unspecified atom stereocenters. The average molecular weight is 527 g/mol. The number of pyridine rings is 2. The van der Waals surface area contributed by atoms with E-state index < -0.39 is 5.60 Å². The number of hydrogen-bond donors (Lipinski definition) is 1. The Labute approximate surface area is 225 Å². The van der Waals surface area contributed by atoms with E-state index in [1.165, 1.54) is 10.1 Å². The van der Waals surface area contributed by atoms with Gasteiger partial charge in [-0.1, -0.05) is 12.1 Å². The maximum absolute atomic E-state index is 12.8. The first-order valence-electron chi connectivity index (χ1n) is 12.9. The lowest BCUT2D eigenvalue weighted by molar-refractivity contribution is 0.0187. The van der Waals surface area contributed by atoms with E-state index in [-0.39, 0.29) is 12.1 Å². The van der Waals surface area contributed by atoms with Crippen molar-refractivity contribution in [2.45, 2.75) is 45.3 Å². The van der Waals surface area contributed by atoms with Gasteiger partial charge >= 0.3 is 6.09 Å². The van der Waals surface area contributed by atoms with Gasteiger partial charge in [-0.2, -0.15) is 0 Å². The van der Waals surface area contributed by atoms with E-state index in [9.17, 15) is 4.79 Å². The predicted molar refractivity (Wildman–Crippen MR) is 152 cm³/mol. The fourth-order valence-electron chi connectivity index (χ4n) is 5.07. The zero-order chi connectivity index (χ0) is 26.3. The number of nitrogens with one attached hydrogen (secondary N) is 1. The minimum Gasteiger partial charge on any atom is -0.489 e. The van der Waals surface area contributed by atoms with Gasteiger partial charge in [-0.25, -0.2) is 4.79 Å². The van der Waals surface area contributed by atoms with Gasteiger partial charge in [0.25, 0.3) is 0 Å². The monoisotopic (exact) mass is 526 g/mol. The van der Waals surface area contributed by atoms with E-state index in [0.717, 1.165) is 46.3 Å². The van der Waals surface area contributed by atoms with Gasteiger partial charge in [0.1, 0.15) is 18.0 Å². The lowest BCUT2D eigenvalue weighted by Gasteiger charge is -2.28. The summed E-state index contributed by atoms with van der Waals surface area (Å²) in [7, 11) is 0. The molecule has 8 heteroatoms. The normalized spacial score (nSPS) is 15.9. The Kier molecular flexibility index (Phi) is 6.27. The fraction of sp³-hybridized carbons (Fsp3) is 0.300. The molecule has 1 N–H and O–H groups in total. The molecule has 1 fully saturated rings. The molecule has 0 aliphatic carbocycles. The average Bonchev–Trinajstić information content (AvgIpc) is 3.64. The van der Waals surface area contributed by atoms with Gasteiger partial charge in [0.2, 0.25) is 0 Å². The quantitative estimate of drug-likeness (QED) is 0.260. The van der Waals surface area contributed by atoms with Crippen LogP contribution >= 0.6 is 11.3 Å². The Balaban J connectivity index is 1.35. The highest BCUT2D eigenvalue weighted by Crippen LogP contribution is 2.42. The molecular formula is C30H30N4O3S. The van der Waals surface area contributed by atoms with Gasteiger partial charge in [0.05, 0.1) is 29.0 Å². The summed E-state index contributed by atoms with van der Waals surface area (Å²) in [5.41, 5.74) is 5.29. The number of H-pyrrole nitrogens is 1. The smallest absolute Gasteiger partial charge is 0.410 e. The second-order valence-electron chi connectivity index (χ2n) is 10.6. The van der Waals surface area contributed by atoms with Crippen LogP contribution in [0.2, 0.25) is 0 Å². The lowest BCUT2D eigenvalue weighted by atomic mass is 10.00. The summed E-state index contributed by atoms with van der Waals surface area (Å²) in [6.45, 7) is 6.70. The number of benzene rings is 1. The van der Waals surface area contributed by atoms with Crippen LogP contribution in [0.5, 0.6) is 5.75 Å². The van der Waals surface area contributed by atoms with Crippen LogP contribution in [-0.2, 0) is 4.74 Å². The molecule has 6 rings (SSSR count). The maximum Gasteiger partial charge on any atom is 0.410 e. The van der Waals surface area contributed by atoms with Crippen LogP contribution in [0.1, 0.15) is 33.6 Å². The zero-order valence-corrected chi connectivity index (χ0v) is 22.5. The van der Waals surface area contributed by atoms with Crippen molar-refractivity contribution in [3.8, 4) is 28.1 Å². The van der Waals surface area contributed by atoms with Crippen LogP contribution in [0.25, 0.3) is 43.5 Å². The highest BCUT2D eigenvalue weighted by molar-refractivity contribution is 7.17. The molecule has 0 spiro atoms. The SMILES string of the molecule is CC(C)(C)OC(=O)N1CCC[C@H]1COc1cnccc1-c1[nH]c2cccnc2c1-c1ccc2ccsc2c1. The summed E-state index contributed by atoms with van der Waals surface area (Å²) in [6.07, 6.45) is 6.85. The van der Waals surface area contributed by atoms with Gasteiger partial charge in [-0.05, 0) is 80.3 Å². The molecule has 0 radical (unpaired) electrons. The van der Waals surface area contributed by atoms with Crippen LogP contribution in [0.4, 0.5) is 4.79 Å². The van der Waals surface area contributed by atoms with E-state index in [0.29, 0.717) is 18.9 Å². The largest absolute Gasteiger partial charge is 0.489 e. The molecule has 5 heterocycles. The molecule has 0 bridgehead atoms. The number of aromatic nitrogens is 3. The molecule has 1 amide bonds.